The molecule has 0 bridgehead atoms. The molecule has 0 aliphatic heterocycles. The van der Waals surface area contributed by atoms with Gasteiger partial charge in [-0.2, -0.15) is 23.3 Å². The summed E-state index contributed by atoms with van der Waals surface area (Å²) in [5, 5.41) is 9.22. The molecule has 0 fully saturated rings. The van der Waals surface area contributed by atoms with Crippen LogP contribution >= 0.6 is 0 Å². The quantitative estimate of drug-likeness (QED) is 0.881. The molecule has 0 amide bonds. The van der Waals surface area contributed by atoms with Crippen molar-refractivity contribution < 1.29 is 13.2 Å². The van der Waals surface area contributed by atoms with Crippen molar-refractivity contribution in [1.29, 1.82) is 0 Å². The molecule has 0 unspecified atom stereocenters. The minimum absolute atomic E-state index is 0.0455. The second-order valence-corrected chi connectivity index (χ2v) is 3.90. The van der Waals surface area contributed by atoms with Crippen molar-refractivity contribution in [1.82, 2.24) is 24.7 Å². The van der Waals surface area contributed by atoms with E-state index in [1.54, 1.807) is 7.05 Å². The highest BCUT2D eigenvalue weighted by Crippen LogP contribution is 2.29. The Hall–Kier alpha value is -2.39. The van der Waals surface area contributed by atoms with E-state index in [2.05, 4.69) is 30.7 Å². The molecule has 2 rings (SSSR count). The number of hydrogen-bond donors (Lipinski definition) is 2. The van der Waals surface area contributed by atoms with E-state index in [0.717, 1.165) is 6.07 Å². The van der Waals surface area contributed by atoms with E-state index in [-0.39, 0.29) is 18.3 Å². The molecule has 10 heteroatoms. The summed E-state index contributed by atoms with van der Waals surface area (Å²) in [5.74, 6) is 0.381. The van der Waals surface area contributed by atoms with Crippen molar-refractivity contribution in [3.05, 3.63) is 23.9 Å². The summed E-state index contributed by atoms with van der Waals surface area (Å²) < 4.78 is 39.5. The van der Waals surface area contributed by atoms with Gasteiger partial charge >= 0.3 is 6.18 Å². The summed E-state index contributed by atoms with van der Waals surface area (Å²) in [6.45, 7) is 0.165. The largest absolute Gasteiger partial charge is 0.433 e. The van der Waals surface area contributed by atoms with E-state index in [4.69, 9.17) is 0 Å². The van der Waals surface area contributed by atoms with E-state index in [1.807, 2.05) is 0 Å². The second-order valence-electron chi connectivity index (χ2n) is 3.90. The van der Waals surface area contributed by atoms with Gasteiger partial charge in [0.2, 0.25) is 5.95 Å². The summed E-state index contributed by atoms with van der Waals surface area (Å²) >= 11 is 0. The van der Waals surface area contributed by atoms with Crippen molar-refractivity contribution in [3.63, 3.8) is 0 Å². The SMILES string of the molecule is CNc1nc(NCc2ncn(C)n2)cc(C(F)(F)F)n1. The van der Waals surface area contributed by atoms with Crippen molar-refractivity contribution in [3.8, 4) is 0 Å². The predicted octanol–water partition coefficient (Wildman–Crippen LogP) is 1.28. The number of aryl methyl sites for hydroxylation is 1. The van der Waals surface area contributed by atoms with Gasteiger partial charge in [0.25, 0.3) is 0 Å². The predicted molar refractivity (Wildman–Crippen MR) is 64.9 cm³/mol. The lowest BCUT2D eigenvalue weighted by Gasteiger charge is -2.10. The van der Waals surface area contributed by atoms with Gasteiger partial charge in [-0.05, 0) is 0 Å². The first-order valence-electron chi connectivity index (χ1n) is 5.61. The molecule has 0 aliphatic carbocycles. The average Bonchev–Trinajstić information content (AvgIpc) is 2.81. The normalized spacial score (nSPS) is 11.4. The first-order valence-corrected chi connectivity index (χ1v) is 5.61. The fraction of sp³-hybridized carbons (Fsp3) is 0.400. The van der Waals surface area contributed by atoms with Crippen molar-refractivity contribution in [2.75, 3.05) is 17.7 Å². The summed E-state index contributed by atoms with van der Waals surface area (Å²) in [6, 6.07) is 0.837. The molecule has 0 spiro atoms. The Morgan fingerprint density at radius 3 is 2.60 bits per heavy atom. The molecule has 0 saturated heterocycles. The molecule has 0 aromatic carbocycles. The molecule has 0 aliphatic rings. The van der Waals surface area contributed by atoms with Gasteiger partial charge in [-0.3, -0.25) is 4.68 Å². The first-order chi connectivity index (χ1) is 9.38. The third-order valence-corrected chi connectivity index (χ3v) is 2.31. The van der Waals surface area contributed by atoms with E-state index >= 15 is 0 Å². The van der Waals surface area contributed by atoms with Crippen LogP contribution in [0.25, 0.3) is 0 Å². The van der Waals surface area contributed by atoms with Crippen LogP contribution in [0.3, 0.4) is 0 Å². The summed E-state index contributed by atoms with van der Waals surface area (Å²) in [7, 11) is 3.14. The number of anilines is 2. The number of nitrogens with zero attached hydrogens (tertiary/aromatic N) is 5. The van der Waals surface area contributed by atoms with Crippen molar-refractivity contribution in [2.24, 2.45) is 7.05 Å². The third-order valence-electron chi connectivity index (χ3n) is 2.31. The van der Waals surface area contributed by atoms with Gasteiger partial charge < -0.3 is 10.6 Å². The van der Waals surface area contributed by atoms with Gasteiger partial charge in [0, 0.05) is 20.2 Å². The lowest BCUT2D eigenvalue weighted by atomic mass is 10.3. The topological polar surface area (TPSA) is 80.5 Å². The Kier molecular flexibility index (Phi) is 3.72. The van der Waals surface area contributed by atoms with E-state index < -0.39 is 11.9 Å². The van der Waals surface area contributed by atoms with Gasteiger partial charge in [0.05, 0.1) is 6.54 Å². The second kappa shape index (κ2) is 5.31. The van der Waals surface area contributed by atoms with E-state index in [1.165, 1.54) is 18.1 Å². The van der Waals surface area contributed by atoms with Crippen LogP contribution in [-0.2, 0) is 19.8 Å². The van der Waals surface area contributed by atoms with E-state index in [0.29, 0.717) is 5.82 Å². The molecule has 108 valence electrons. The van der Waals surface area contributed by atoms with Crippen LogP contribution in [0.2, 0.25) is 0 Å². The summed E-state index contributed by atoms with van der Waals surface area (Å²) in [5.41, 5.74) is -1.02. The zero-order valence-corrected chi connectivity index (χ0v) is 10.7. The van der Waals surface area contributed by atoms with Gasteiger partial charge in [-0.25, -0.2) is 9.97 Å². The number of nitrogens with one attached hydrogen (secondary N) is 2. The fourth-order valence-corrected chi connectivity index (χ4v) is 1.43. The van der Waals surface area contributed by atoms with Gasteiger partial charge in [0.15, 0.2) is 11.5 Å². The first kappa shape index (κ1) is 14.0. The van der Waals surface area contributed by atoms with Crippen LogP contribution in [0.15, 0.2) is 12.4 Å². The highest BCUT2D eigenvalue weighted by atomic mass is 19.4. The Bertz CT molecular complexity index is 593. The molecule has 2 aromatic heterocycles. The maximum absolute atomic E-state index is 12.7. The number of halogens is 3. The minimum Gasteiger partial charge on any atom is -0.363 e. The van der Waals surface area contributed by atoms with Gasteiger partial charge in [-0.15, -0.1) is 0 Å². The summed E-state index contributed by atoms with van der Waals surface area (Å²) in [6.07, 6.45) is -3.04. The maximum atomic E-state index is 12.7. The zero-order chi connectivity index (χ0) is 14.8. The van der Waals surface area contributed by atoms with E-state index in [9.17, 15) is 13.2 Å². The lowest BCUT2D eigenvalue weighted by Crippen LogP contribution is -2.13. The fourth-order valence-electron chi connectivity index (χ4n) is 1.43. The highest BCUT2D eigenvalue weighted by molar-refractivity contribution is 5.42. The molecule has 0 atom stereocenters. The van der Waals surface area contributed by atoms with Gasteiger partial charge in [-0.1, -0.05) is 0 Å². The van der Waals surface area contributed by atoms with Crippen LogP contribution in [0.4, 0.5) is 24.9 Å². The Labute approximate surface area is 112 Å². The Balaban J connectivity index is 2.18. The van der Waals surface area contributed by atoms with Gasteiger partial charge in [0.1, 0.15) is 12.1 Å². The van der Waals surface area contributed by atoms with Crippen LogP contribution in [-0.4, -0.2) is 31.8 Å². The smallest absolute Gasteiger partial charge is 0.363 e. The van der Waals surface area contributed by atoms with Crippen LogP contribution in [0, 0.1) is 0 Å². The minimum atomic E-state index is -4.53. The van der Waals surface area contributed by atoms with Crippen molar-refractivity contribution >= 4 is 11.8 Å². The molecule has 2 N–H and O–H groups in total. The molecular weight excluding hydrogens is 275 g/mol. The number of alkyl halides is 3. The molecule has 20 heavy (non-hydrogen) atoms. The van der Waals surface area contributed by atoms with Crippen LogP contribution < -0.4 is 10.6 Å². The monoisotopic (exact) mass is 287 g/mol. The summed E-state index contributed by atoms with van der Waals surface area (Å²) in [4.78, 5) is 11.2. The Morgan fingerprint density at radius 1 is 1.30 bits per heavy atom. The average molecular weight is 287 g/mol. The molecular formula is C10H12F3N7. The lowest BCUT2D eigenvalue weighted by molar-refractivity contribution is -0.141. The maximum Gasteiger partial charge on any atom is 0.433 e. The zero-order valence-electron chi connectivity index (χ0n) is 10.7. The van der Waals surface area contributed by atoms with Crippen LogP contribution in [0.5, 0.6) is 0 Å². The number of aromatic nitrogens is 5. The molecule has 2 aromatic rings. The molecule has 7 nitrogen and oxygen atoms in total. The standard InChI is InChI=1S/C10H12F3N7/c1-14-9-17-6(10(11,12)13)3-7(18-9)15-4-8-16-5-20(2)19-8/h3,5H,4H2,1-2H3,(H2,14,15,17,18). The third kappa shape index (κ3) is 3.33. The Morgan fingerprint density at radius 2 is 2.05 bits per heavy atom. The molecule has 0 radical (unpaired) electrons. The number of hydrogen-bond acceptors (Lipinski definition) is 6. The molecule has 2 heterocycles. The van der Waals surface area contributed by atoms with Crippen LogP contribution in [0.1, 0.15) is 11.5 Å². The number of rotatable bonds is 4. The van der Waals surface area contributed by atoms with Crippen molar-refractivity contribution in [2.45, 2.75) is 12.7 Å². The molecule has 0 saturated carbocycles. The highest BCUT2D eigenvalue weighted by Gasteiger charge is 2.33.